The minimum atomic E-state index is 0.0550. The van der Waals surface area contributed by atoms with E-state index in [4.69, 9.17) is 0 Å². The Bertz CT molecular complexity index is 491. The number of rotatable bonds is 3. The van der Waals surface area contributed by atoms with Crippen LogP contribution in [-0.2, 0) is 4.79 Å². The van der Waals surface area contributed by atoms with Crippen LogP contribution in [0.5, 0.6) is 0 Å². The van der Waals surface area contributed by atoms with Gasteiger partial charge in [0.05, 0.1) is 0 Å². The molecule has 1 aliphatic carbocycles. The standard InChI is InChI=1S/C15H19N3O2/c19-14(11-1-2-11)17-13-5-9-18(10-6-13)15(20)12-3-7-16-8-4-12/h3-4,7-8,11,13H,1-2,5-6,9-10H2,(H,17,19). The molecule has 2 heterocycles. The fourth-order valence-electron chi connectivity index (χ4n) is 2.57. The fraction of sp³-hybridized carbons (Fsp3) is 0.533. The maximum absolute atomic E-state index is 12.3. The molecule has 0 bridgehead atoms. The molecule has 2 amide bonds. The van der Waals surface area contributed by atoms with Crippen LogP contribution in [-0.4, -0.2) is 40.8 Å². The maximum atomic E-state index is 12.3. The van der Waals surface area contributed by atoms with Crippen LogP contribution in [0.1, 0.15) is 36.0 Å². The first-order valence-corrected chi connectivity index (χ1v) is 7.24. The Morgan fingerprint density at radius 1 is 1.10 bits per heavy atom. The second kappa shape index (κ2) is 5.61. The van der Waals surface area contributed by atoms with Crippen LogP contribution in [0, 0.1) is 5.92 Å². The van der Waals surface area contributed by atoms with Crippen molar-refractivity contribution in [1.82, 2.24) is 15.2 Å². The Kier molecular flexibility index (Phi) is 3.67. The molecule has 1 saturated carbocycles. The van der Waals surface area contributed by atoms with Gasteiger partial charge < -0.3 is 10.2 Å². The number of likely N-dealkylation sites (tertiary alicyclic amines) is 1. The van der Waals surface area contributed by atoms with Crippen LogP contribution in [0.4, 0.5) is 0 Å². The van der Waals surface area contributed by atoms with Crippen LogP contribution < -0.4 is 5.32 Å². The summed E-state index contributed by atoms with van der Waals surface area (Å²) in [6.45, 7) is 1.41. The zero-order valence-electron chi connectivity index (χ0n) is 11.4. The van der Waals surface area contributed by atoms with Gasteiger partial charge in [-0.3, -0.25) is 14.6 Å². The Balaban J connectivity index is 1.50. The van der Waals surface area contributed by atoms with E-state index in [-0.39, 0.29) is 23.8 Å². The topological polar surface area (TPSA) is 62.3 Å². The maximum Gasteiger partial charge on any atom is 0.253 e. The van der Waals surface area contributed by atoms with Gasteiger partial charge in [-0.2, -0.15) is 0 Å². The molecule has 1 saturated heterocycles. The van der Waals surface area contributed by atoms with Gasteiger partial charge in [0, 0.05) is 43.0 Å². The molecule has 0 radical (unpaired) electrons. The van der Waals surface area contributed by atoms with Crippen molar-refractivity contribution in [3.05, 3.63) is 30.1 Å². The Labute approximate surface area is 118 Å². The fourth-order valence-corrected chi connectivity index (χ4v) is 2.57. The van der Waals surface area contributed by atoms with Crippen molar-refractivity contribution in [3.63, 3.8) is 0 Å². The Morgan fingerprint density at radius 2 is 1.75 bits per heavy atom. The lowest BCUT2D eigenvalue weighted by Crippen LogP contribution is -2.46. The van der Waals surface area contributed by atoms with Gasteiger partial charge in [-0.15, -0.1) is 0 Å². The van der Waals surface area contributed by atoms with Crippen molar-refractivity contribution in [2.24, 2.45) is 5.92 Å². The third kappa shape index (κ3) is 2.98. The lowest BCUT2D eigenvalue weighted by Gasteiger charge is -2.32. The van der Waals surface area contributed by atoms with Gasteiger partial charge in [-0.25, -0.2) is 0 Å². The van der Waals surface area contributed by atoms with Crippen molar-refractivity contribution in [1.29, 1.82) is 0 Å². The molecule has 0 atom stereocenters. The molecule has 5 heteroatoms. The van der Waals surface area contributed by atoms with E-state index in [2.05, 4.69) is 10.3 Å². The second-order valence-corrected chi connectivity index (χ2v) is 5.59. The van der Waals surface area contributed by atoms with Crippen molar-refractivity contribution < 1.29 is 9.59 Å². The summed E-state index contributed by atoms with van der Waals surface area (Å²) in [7, 11) is 0. The molecule has 2 aliphatic rings. The summed E-state index contributed by atoms with van der Waals surface area (Å²) in [6, 6.07) is 3.71. The zero-order chi connectivity index (χ0) is 13.9. The molecule has 106 valence electrons. The van der Waals surface area contributed by atoms with Gasteiger partial charge in [0.1, 0.15) is 0 Å². The molecule has 1 N–H and O–H groups in total. The summed E-state index contributed by atoms with van der Waals surface area (Å²) in [5.41, 5.74) is 0.681. The summed E-state index contributed by atoms with van der Waals surface area (Å²) in [4.78, 5) is 29.7. The number of carbonyl (C=O) groups is 2. The molecule has 1 aromatic rings. The first-order chi connectivity index (χ1) is 9.74. The molecule has 2 fully saturated rings. The van der Waals surface area contributed by atoms with Gasteiger partial charge in [-0.05, 0) is 37.8 Å². The monoisotopic (exact) mass is 273 g/mol. The van der Waals surface area contributed by atoms with Gasteiger partial charge >= 0.3 is 0 Å². The van der Waals surface area contributed by atoms with Crippen LogP contribution >= 0.6 is 0 Å². The average Bonchev–Trinajstić information content (AvgIpc) is 3.33. The highest BCUT2D eigenvalue weighted by atomic mass is 16.2. The lowest BCUT2D eigenvalue weighted by molar-refractivity contribution is -0.123. The number of pyridine rings is 1. The molecule has 0 aromatic carbocycles. The van der Waals surface area contributed by atoms with E-state index in [9.17, 15) is 9.59 Å². The van der Waals surface area contributed by atoms with E-state index < -0.39 is 0 Å². The van der Waals surface area contributed by atoms with E-state index in [1.807, 2.05) is 4.90 Å². The third-order valence-electron chi connectivity index (χ3n) is 4.00. The minimum absolute atomic E-state index is 0.0550. The number of piperidine rings is 1. The van der Waals surface area contributed by atoms with Gasteiger partial charge in [0.15, 0.2) is 0 Å². The van der Waals surface area contributed by atoms with Crippen molar-refractivity contribution >= 4 is 11.8 Å². The van der Waals surface area contributed by atoms with E-state index in [1.165, 1.54) is 0 Å². The van der Waals surface area contributed by atoms with E-state index in [0.29, 0.717) is 18.7 Å². The van der Waals surface area contributed by atoms with Gasteiger partial charge in [0.25, 0.3) is 5.91 Å². The number of amides is 2. The molecule has 20 heavy (non-hydrogen) atoms. The van der Waals surface area contributed by atoms with Crippen LogP contribution in [0.25, 0.3) is 0 Å². The molecule has 0 spiro atoms. The first-order valence-electron chi connectivity index (χ1n) is 7.24. The summed E-state index contributed by atoms with van der Waals surface area (Å²) >= 11 is 0. The zero-order valence-corrected chi connectivity index (χ0v) is 11.4. The molecule has 1 aliphatic heterocycles. The summed E-state index contributed by atoms with van der Waals surface area (Å²) in [6.07, 6.45) is 7.02. The quantitative estimate of drug-likeness (QED) is 0.900. The Hall–Kier alpha value is -1.91. The summed E-state index contributed by atoms with van der Waals surface area (Å²) in [5, 5.41) is 3.09. The van der Waals surface area contributed by atoms with Crippen molar-refractivity contribution in [2.75, 3.05) is 13.1 Å². The van der Waals surface area contributed by atoms with Crippen LogP contribution in [0.2, 0.25) is 0 Å². The summed E-state index contributed by atoms with van der Waals surface area (Å²) < 4.78 is 0. The SMILES string of the molecule is O=C(NC1CCN(C(=O)c2ccncc2)CC1)C1CC1. The molecule has 0 unspecified atom stereocenters. The van der Waals surface area contributed by atoms with Gasteiger partial charge in [0.2, 0.25) is 5.91 Å². The highest BCUT2D eigenvalue weighted by molar-refractivity contribution is 5.94. The first kappa shape index (κ1) is 13.1. The van der Waals surface area contributed by atoms with E-state index >= 15 is 0 Å². The molecular weight excluding hydrogens is 254 g/mol. The minimum Gasteiger partial charge on any atom is -0.353 e. The predicted octanol–water partition coefficient (Wildman–Crippen LogP) is 1.21. The van der Waals surface area contributed by atoms with Crippen LogP contribution in [0.3, 0.4) is 0 Å². The highest BCUT2D eigenvalue weighted by Crippen LogP contribution is 2.29. The number of hydrogen-bond acceptors (Lipinski definition) is 3. The predicted molar refractivity (Wildman–Crippen MR) is 74.0 cm³/mol. The summed E-state index contributed by atoms with van der Waals surface area (Å²) in [5.74, 6) is 0.509. The average molecular weight is 273 g/mol. The number of carbonyl (C=O) groups excluding carboxylic acids is 2. The third-order valence-corrected chi connectivity index (χ3v) is 4.00. The number of aromatic nitrogens is 1. The Morgan fingerprint density at radius 3 is 2.35 bits per heavy atom. The smallest absolute Gasteiger partial charge is 0.253 e. The van der Waals surface area contributed by atoms with Gasteiger partial charge in [-0.1, -0.05) is 0 Å². The second-order valence-electron chi connectivity index (χ2n) is 5.59. The molecule has 3 rings (SSSR count). The van der Waals surface area contributed by atoms with E-state index in [0.717, 1.165) is 25.7 Å². The molecular formula is C15H19N3O2. The lowest BCUT2D eigenvalue weighted by atomic mass is 10.0. The van der Waals surface area contributed by atoms with Crippen LogP contribution in [0.15, 0.2) is 24.5 Å². The number of nitrogens with zero attached hydrogens (tertiary/aromatic N) is 2. The number of nitrogens with one attached hydrogen (secondary N) is 1. The highest BCUT2D eigenvalue weighted by Gasteiger charge is 2.32. The van der Waals surface area contributed by atoms with Crippen molar-refractivity contribution in [2.45, 2.75) is 31.7 Å². The molecule has 1 aromatic heterocycles. The number of hydrogen-bond donors (Lipinski definition) is 1. The van der Waals surface area contributed by atoms with E-state index in [1.54, 1.807) is 24.5 Å². The largest absolute Gasteiger partial charge is 0.353 e. The molecule has 5 nitrogen and oxygen atoms in total. The van der Waals surface area contributed by atoms with Crippen molar-refractivity contribution in [3.8, 4) is 0 Å². The normalized spacial score (nSPS) is 19.7.